The summed E-state index contributed by atoms with van der Waals surface area (Å²) in [7, 11) is 1.65. The van der Waals surface area contributed by atoms with Crippen molar-refractivity contribution in [1.82, 2.24) is 10.3 Å². The Kier molecular flexibility index (Phi) is 5.95. The minimum Gasteiger partial charge on any atom is -0.496 e. The SMILES string of the molecule is CC[C@@H](NC(=O)CCc1cccnc1)c1ccccc1OC. The molecule has 0 aliphatic carbocycles. The Balaban J connectivity index is 1.96. The van der Waals surface area contributed by atoms with Crippen molar-refractivity contribution in [1.29, 1.82) is 0 Å². The standard InChI is InChI=1S/C18H22N2O2/c1-3-16(15-8-4-5-9-17(15)22-2)20-18(21)11-10-14-7-6-12-19-13-14/h4-9,12-13,16H,3,10-11H2,1-2H3,(H,20,21)/t16-/m1/s1. The molecule has 0 saturated heterocycles. The predicted molar refractivity (Wildman–Crippen MR) is 86.7 cm³/mol. The summed E-state index contributed by atoms with van der Waals surface area (Å²) in [4.78, 5) is 16.2. The fraction of sp³-hybridized carbons (Fsp3) is 0.333. The Labute approximate surface area is 131 Å². The van der Waals surface area contributed by atoms with Gasteiger partial charge in [0.05, 0.1) is 13.2 Å². The first-order valence-electron chi connectivity index (χ1n) is 7.55. The number of pyridine rings is 1. The number of carbonyl (C=O) groups is 1. The number of carbonyl (C=O) groups excluding carboxylic acids is 1. The van der Waals surface area contributed by atoms with Crippen molar-refractivity contribution in [3.05, 3.63) is 59.9 Å². The van der Waals surface area contributed by atoms with Crippen LogP contribution in [0.2, 0.25) is 0 Å². The summed E-state index contributed by atoms with van der Waals surface area (Å²) in [6, 6.07) is 11.6. The highest BCUT2D eigenvalue weighted by Gasteiger charge is 2.16. The van der Waals surface area contributed by atoms with Crippen LogP contribution in [0.5, 0.6) is 5.75 Å². The summed E-state index contributed by atoms with van der Waals surface area (Å²) in [5, 5.41) is 3.09. The average molecular weight is 298 g/mol. The number of nitrogens with one attached hydrogen (secondary N) is 1. The van der Waals surface area contributed by atoms with Gasteiger partial charge in [-0.05, 0) is 30.5 Å². The molecule has 1 amide bonds. The van der Waals surface area contributed by atoms with Crippen LogP contribution in [0.4, 0.5) is 0 Å². The molecule has 4 nitrogen and oxygen atoms in total. The minimum atomic E-state index is -0.0300. The fourth-order valence-corrected chi connectivity index (χ4v) is 2.42. The lowest BCUT2D eigenvalue weighted by Gasteiger charge is -2.20. The van der Waals surface area contributed by atoms with Gasteiger partial charge in [0.1, 0.15) is 5.75 Å². The number of hydrogen-bond acceptors (Lipinski definition) is 3. The lowest BCUT2D eigenvalue weighted by Crippen LogP contribution is -2.28. The highest BCUT2D eigenvalue weighted by Crippen LogP contribution is 2.26. The Morgan fingerprint density at radius 1 is 1.27 bits per heavy atom. The molecular weight excluding hydrogens is 276 g/mol. The first-order valence-corrected chi connectivity index (χ1v) is 7.55. The summed E-state index contributed by atoms with van der Waals surface area (Å²) in [6.45, 7) is 2.05. The van der Waals surface area contributed by atoms with E-state index in [1.165, 1.54) is 0 Å². The fourth-order valence-electron chi connectivity index (χ4n) is 2.42. The van der Waals surface area contributed by atoms with Crippen LogP contribution in [0.25, 0.3) is 0 Å². The number of rotatable bonds is 7. The number of ether oxygens (including phenoxy) is 1. The van der Waals surface area contributed by atoms with Crippen LogP contribution in [0.15, 0.2) is 48.8 Å². The van der Waals surface area contributed by atoms with E-state index in [1.54, 1.807) is 19.5 Å². The Hall–Kier alpha value is -2.36. The van der Waals surface area contributed by atoms with Crippen LogP contribution in [-0.2, 0) is 11.2 Å². The van der Waals surface area contributed by atoms with Gasteiger partial charge in [-0.3, -0.25) is 9.78 Å². The summed E-state index contributed by atoms with van der Waals surface area (Å²) < 4.78 is 5.38. The van der Waals surface area contributed by atoms with E-state index in [1.807, 2.05) is 36.4 Å². The normalized spacial score (nSPS) is 11.7. The van der Waals surface area contributed by atoms with Crippen molar-refractivity contribution < 1.29 is 9.53 Å². The van der Waals surface area contributed by atoms with Gasteiger partial charge in [0, 0.05) is 24.4 Å². The zero-order valence-electron chi connectivity index (χ0n) is 13.1. The second-order valence-electron chi connectivity index (χ2n) is 5.13. The van der Waals surface area contributed by atoms with E-state index < -0.39 is 0 Å². The van der Waals surface area contributed by atoms with Gasteiger partial charge >= 0.3 is 0 Å². The molecule has 0 spiro atoms. The van der Waals surface area contributed by atoms with Crippen molar-refractivity contribution in [3.8, 4) is 5.75 Å². The molecule has 2 rings (SSSR count). The number of para-hydroxylation sites is 1. The van der Waals surface area contributed by atoms with E-state index in [0.717, 1.165) is 23.3 Å². The maximum atomic E-state index is 12.2. The van der Waals surface area contributed by atoms with Gasteiger partial charge < -0.3 is 10.1 Å². The number of aromatic nitrogens is 1. The smallest absolute Gasteiger partial charge is 0.220 e. The first kappa shape index (κ1) is 16.0. The molecule has 0 bridgehead atoms. The highest BCUT2D eigenvalue weighted by molar-refractivity contribution is 5.76. The lowest BCUT2D eigenvalue weighted by atomic mass is 10.0. The molecular formula is C18H22N2O2. The molecule has 4 heteroatoms. The van der Waals surface area contributed by atoms with E-state index in [0.29, 0.717) is 12.8 Å². The number of methoxy groups -OCH3 is 1. The third-order valence-electron chi connectivity index (χ3n) is 3.62. The van der Waals surface area contributed by atoms with Crippen LogP contribution < -0.4 is 10.1 Å². The van der Waals surface area contributed by atoms with Crippen LogP contribution in [0, 0.1) is 0 Å². The van der Waals surface area contributed by atoms with Gasteiger partial charge in [0.2, 0.25) is 5.91 Å². The minimum absolute atomic E-state index is 0.0300. The maximum Gasteiger partial charge on any atom is 0.220 e. The third-order valence-corrected chi connectivity index (χ3v) is 3.62. The van der Waals surface area contributed by atoms with E-state index in [2.05, 4.69) is 17.2 Å². The number of hydrogen-bond donors (Lipinski definition) is 1. The average Bonchev–Trinajstić information content (AvgIpc) is 2.58. The van der Waals surface area contributed by atoms with Crippen LogP contribution in [0.1, 0.15) is 36.9 Å². The Morgan fingerprint density at radius 2 is 2.09 bits per heavy atom. The number of benzene rings is 1. The van der Waals surface area contributed by atoms with Crippen molar-refractivity contribution >= 4 is 5.91 Å². The second-order valence-corrected chi connectivity index (χ2v) is 5.13. The van der Waals surface area contributed by atoms with Crippen molar-refractivity contribution in [3.63, 3.8) is 0 Å². The molecule has 0 saturated carbocycles. The van der Waals surface area contributed by atoms with E-state index in [9.17, 15) is 4.79 Å². The molecule has 0 fully saturated rings. The quantitative estimate of drug-likeness (QED) is 0.853. The van der Waals surface area contributed by atoms with Gasteiger partial charge in [-0.15, -0.1) is 0 Å². The maximum absolute atomic E-state index is 12.2. The number of nitrogens with zero attached hydrogens (tertiary/aromatic N) is 1. The molecule has 1 aromatic carbocycles. The zero-order valence-corrected chi connectivity index (χ0v) is 13.1. The van der Waals surface area contributed by atoms with Crippen molar-refractivity contribution in [2.24, 2.45) is 0 Å². The molecule has 0 aliphatic rings. The number of aryl methyl sites for hydroxylation is 1. The van der Waals surface area contributed by atoms with Crippen LogP contribution in [-0.4, -0.2) is 18.0 Å². The second kappa shape index (κ2) is 8.17. The molecule has 1 aromatic heterocycles. The van der Waals surface area contributed by atoms with Crippen LogP contribution in [0.3, 0.4) is 0 Å². The molecule has 2 aromatic rings. The van der Waals surface area contributed by atoms with Crippen molar-refractivity contribution in [2.45, 2.75) is 32.2 Å². The zero-order chi connectivity index (χ0) is 15.8. The molecule has 0 unspecified atom stereocenters. The first-order chi connectivity index (χ1) is 10.7. The predicted octanol–water partition coefficient (Wildman–Crippen LogP) is 3.29. The van der Waals surface area contributed by atoms with E-state index >= 15 is 0 Å². The van der Waals surface area contributed by atoms with Crippen molar-refractivity contribution in [2.75, 3.05) is 7.11 Å². The topological polar surface area (TPSA) is 51.2 Å². The van der Waals surface area contributed by atoms with Gasteiger partial charge in [-0.2, -0.15) is 0 Å². The summed E-state index contributed by atoms with van der Waals surface area (Å²) in [5.41, 5.74) is 2.09. The molecule has 22 heavy (non-hydrogen) atoms. The monoisotopic (exact) mass is 298 g/mol. The Morgan fingerprint density at radius 3 is 2.77 bits per heavy atom. The largest absolute Gasteiger partial charge is 0.496 e. The summed E-state index contributed by atoms with van der Waals surface area (Å²) in [5.74, 6) is 0.850. The van der Waals surface area contributed by atoms with E-state index in [-0.39, 0.29) is 11.9 Å². The molecule has 0 radical (unpaired) electrons. The molecule has 116 valence electrons. The third kappa shape index (κ3) is 4.32. The van der Waals surface area contributed by atoms with Gasteiger partial charge in [-0.25, -0.2) is 0 Å². The van der Waals surface area contributed by atoms with Crippen LogP contribution >= 0.6 is 0 Å². The number of amides is 1. The summed E-state index contributed by atoms with van der Waals surface area (Å²) in [6.07, 6.45) is 5.50. The summed E-state index contributed by atoms with van der Waals surface area (Å²) >= 11 is 0. The highest BCUT2D eigenvalue weighted by atomic mass is 16.5. The molecule has 0 aliphatic heterocycles. The Bertz CT molecular complexity index is 599. The van der Waals surface area contributed by atoms with E-state index in [4.69, 9.17) is 4.74 Å². The van der Waals surface area contributed by atoms with Gasteiger partial charge in [0.15, 0.2) is 0 Å². The lowest BCUT2D eigenvalue weighted by molar-refractivity contribution is -0.121. The molecule has 1 atom stereocenters. The van der Waals surface area contributed by atoms with Gasteiger partial charge in [-0.1, -0.05) is 31.2 Å². The van der Waals surface area contributed by atoms with Gasteiger partial charge in [0.25, 0.3) is 0 Å². The molecule has 1 heterocycles. The molecule has 1 N–H and O–H groups in total.